The molecule has 26 heavy (non-hydrogen) atoms. The molecule has 0 saturated heterocycles. The van der Waals surface area contributed by atoms with E-state index in [9.17, 15) is 0 Å². The highest BCUT2D eigenvalue weighted by Crippen LogP contribution is 2.51. The van der Waals surface area contributed by atoms with E-state index in [2.05, 4.69) is 9.97 Å². The number of ether oxygens (including phenoxy) is 4. The van der Waals surface area contributed by atoms with E-state index in [0.29, 0.717) is 23.0 Å². The largest absolute Gasteiger partial charge is 0.493 e. The number of aromatic nitrogens is 2. The summed E-state index contributed by atoms with van der Waals surface area (Å²) < 4.78 is 22.7. The van der Waals surface area contributed by atoms with Crippen molar-refractivity contribution in [1.82, 2.24) is 9.97 Å². The molecular weight excluding hydrogens is 332 g/mol. The number of nitrogens with one attached hydrogen (secondary N) is 2. The zero-order chi connectivity index (χ0) is 18.3. The van der Waals surface area contributed by atoms with Crippen LogP contribution in [-0.4, -0.2) is 38.4 Å². The van der Waals surface area contributed by atoms with E-state index in [0.717, 1.165) is 32.9 Å². The number of benzene rings is 2. The first-order valence-corrected chi connectivity index (χ1v) is 8.18. The van der Waals surface area contributed by atoms with Crippen LogP contribution >= 0.6 is 0 Å². The van der Waals surface area contributed by atoms with E-state index < -0.39 is 0 Å². The van der Waals surface area contributed by atoms with Gasteiger partial charge in [0.1, 0.15) is 0 Å². The van der Waals surface area contributed by atoms with Gasteiger partial charge in [0.15, 0.2) is 23.0 Å². The van der Waals surface area contributed by atoms with E-state index in [-0.39, 0.29) is 0 Å². The Labute approximate surface area is 150 Å². The lowest BCUT2D eigenvalue weighted by atomic mass is 9.95. The molecule has 2 aromatic carbocycles. The third-order valence-corrected chi connectivity index (χ3v) is 4.65. The molecule has 4 aromatic rings. The van der Waals surface area contributed by atoms with Gasteiger partial charge in [-0.05, 0) is 12.1 Å². The van der Waals surface area contributed by atoms with Crippen molar-refractivity contribution in [1.29, 1.82) is 0 Å². The van der Waals surface area contributed by atoms with E-state index in [1.165, 1.54) is 0 Å². The summed E-state index contributed by atoms with van der Waals surface area (Å²) >= 11 is 0. The van der Waals surface area contributed by atoms with Crippen molar-refractivity contribution in [3.05, 3.63) is 36.7 Å². The van der Waals surface area contributed by atoms with Crippen LogP contribution in [0.1, 0.15) is 0 Å². The quantitative estimate of drug-likeness (QED) is 0.560. The fourth-order valence-corrected chi connectivity index (χ4v) is 3.53. The Morgan fingerprint density at radius 2 is 1.04 bits per heavy atom. The van der Waals surface area contributed by atoms with Gasteiger partial charge in [0.05, 0.1) is 28.4 Å². The highest BCUT2D eigenvalue weighted by Gasteiger charge is 2.25. The molecule has 6 heteroatoms. The van der Waals surface area contributed by atoms with E-state index in [1.54, 1.807) is 28.4 Å². The highest BCUT2D eigenvalue weighted by atomic mass is 16.5. The van der Waals surface area contributed by atoms with Crippen LogP contribution in [0, 0.1) is 0 Å². The van der Waals surface area contributed by atoms with Gasteiger partial charge in [-0.15, -0.1) is 0 Å². The average Bonchev–Trinajstić information content (AvgIpc) is 3.33. The first-order valence-electron chi connectivity index (χ1n) is 8.18. The third kappa shape index (κ3) is 2.19. The van der Waals surface area contributed by atoms with Gasteiger partial charge in [0, 0.05) is 57.5 Å². The molecule has 2 N–H and O–H groups in total. The summed E-state index contributed by atoms with van der Waals surface area (Å²) in [6.07, 6.45) is 3.79. The number of H-pyrrole nitrogens is 2. The van der Waals surface area contributed by atoms with Gasteiger partial charge in [-0.25, -0.2) is 0 Å². The van der Waals surface area contributed by atoms with Crippen molar-refractivity contribution in [3.8, 4) is 34.1 Å². The molecule has 0 radical (unpaired) electrons. The smallest absolute Gasteiger partial charge is 0.169 e. The topological polar surface area (TPSA) is 68.5 Å². The minimum Gasteiger partial charge on any atom is -0.493 e. The third-order valence-electron chi connectivity index (χ3n) is 4.65. The summed E-state index contributed by atoms with van der Waals surface area (Å²) in [4.78, 5) is 6.50. The summed E-state index contributed by atoms with van der Waals surface area (Å²) in [6.45, 7) is 0. The van der Waals surface area contributed by atoms with Crippen molar-refractivity contribution in [2.75, 3.05) is 28.4 Å². The monoisotopic (exact) mass is 352 g/mol. The average molecular weight is 352 g/mol. The Hall–Kier alpha value is -3.28. The Morgan fingerprint density at radius 1 is 0.615 bits per heavy atom. The molecule has 2 aromatic heterocycles. The molecule has 0 fully saturated rings. The number of fused-ring (bicyclic) bond motifs is 2. The fraction of sp³-hybridized carbons (Fsp3) is 0.200. The van der Waals surface area contributed by atoms with Gasteiger partial charge in [-0.2, -0.15) is 0 Å². The van der Waals surface area contributed by atoms with Crippen LogP contribution in [0.4, 0.5) is 0 Å². The molecule has 0 unspecified atom stereocenters. The SMILES string of the molecule is COc1cc2[nH]ccc2c(-c2c(OC)c(OC)cc3[nH]ccc23)c1OC. The maximum absolute atomic E-state index is 5.75. The molecular formula is C20H20N2O4. The Balaban J connectivity index is 2.23. The number of aromatic amines is 2. The molecule has 0 amide bonds. The van der Waals surface area contributed by atoms with E-state index >= 15 is 0 Å². The van der Waals surface area contributed by atoms with Crippen LogP contribution in [0.15, 0.2) is 36.7 Å². The number of hydrogen-bond donors (Lipinski definition) is 2. The maximum Gasteiger partial charge on any atom is 0.169 e. The number of hydrogen-bond acceptors (Lipinski definition) is 4. The van der Waals surface area contributed by atoms with Gasteiger partial charge in [0.25, 0.3) is 0 Å². The standard InChI is InChI=1S/C20H20N2O4/c1-23-15-9-13-11(5-7-21-13)17(19(15)25-3)18-12-6-8-22-14(12)10-16(24-2)20(18)26-4/h5-10,21-22H,1-4H3. The summed E-state index contributed by atoms with van der Waals surface area (Å²) in [5, 5.41) is 2.02. The molecule has 0 aliphatic carbocycles. The van der Waals surface area contributed by atoms with E-state index in [1.807, 2.05) is 36.7 Å². The predicted molar refractivity (Wildman–Crippen MR) is 102 cm³/mol. The van der Waals surface area contributed by atoms with Gasteiger partial charge in [-0.1, -0.05) is 0 Å². The zero-order valence-electron chi connectivity index (χ0n) is 15.1. The van der Waals surface area contributed by atoms with Crippen LogP contribution < -0.4 is 18.9 Å². The fourth-order valence-electron chi connectivity index (χ4n) is 3.53. The van der Waals surface area contributed by atoms with Crippen LogP contribution in [0.5, 0.6) is 23.0 Å². The van der Waals surface area contributed by atoms with Crippen molar-refractivity contribution in [3.63, 3.8) is 0 Å². The summed E-state index contributed by atoms with van der Waals surface area (Å²) in [5.41, 5.74) is 3.68. The minimum atomic E-state index is 0.644. The first kappa shape index (κ1) is 16.2. The van der Waals surface area contributed by atoms with Crippen molar-refractivity contribution in [2.45, 2.75) is 0 Å². The lowest BCUT2D eigenvalue weighted by molar-refractivity contribution is 0.353. The van der Waals surface area contributed by atoms with Crippen molar-refractivity contribution < 1.29 is 18.9 Å². The van der Waals surface area contributed by atoms with Gasteiger partial charge >= 0.3 is 0 Å². The molecule has 0 aliphatic rings. The molecule has 0 atom stereocenters. The molecule has 4 rings (SSSR count). The molecule has 0 bridgehead atoms. The highest BCUT2D eigenvalue weighted by molar-refractivity contribution is 6.10. The second-order valence-electron chi connectivity index (χ2n) is 5.85. The van der Waals surface area contributed by atoms with Gasteiger partial charge in [-0.3, -0.25) is 0 Å². The van der Waals surface area contributed by atoms with Crippen LogP contribution in [0.3, 0.4) is 0 Å². The van der Waals surface area contributed by atoms with Gasteiger partial charge in [0.2, 0.25) is 0 Å². The van der Waals surface area contributed by atoms with Crippen molar-refractivity contribution in [2.24, 2.45) is 0 Å². The second-order valence-corrected chi connectivity index (χ2v) is 5.85. The number of rotatable bonds is 5. The second kappa shape index (κ2) is 6.22. The molecule has 0 saturated carbocycles. The summed E-state index contributed by atoms with van der Waals surface area (Å²) in [6, 6.07) is 7.89. The zero-order valence-corrected chi connectivity index (χ0v) is 15.1. The summed E-state index contributed by atoms with van der Waals surface area (Å²) in [7, 11) is 6.54. The van der Waals surface area contributed by atoms with Crippen LogP contribution in [0.2, 0.25) is 0 Å². The number of methoxy groups -OCH3 is 4. The first-order chi connectivity index (χ1) is 12.7. The molecule has 0 aliphatic heterocycles. The normalized spacial score (nSPS) is 11.1. The Morgan fingerprint density at radius 3 is 1.38 bits per heavy atom. The predicted octanol–water partition coefficient (Wildman–Crippen LogP) is 4.35. The Bertz CT molecular complexity index is 1010. The molecule has 134 valence electrons. The maximum atomic E-state index is 5.75. The minimum absolute atomic E-state index is 0.644. The van der Waals surface area contributed by atoms with Gasteiger partial charge < -0.3 is 28.9 Å². The molecule has 6 nitrogen and oxygen atoms in total. The lowest BCUT2D eigenvalue weighted by Gasteiger charge is -2.19. The Kier molecular flexibility index (Phi) is 3.88. The molecule has 0 spiro atoms. The van der Waals surface area contributed by atoms with Crippen LogP contribution in [-0.2, 0) is 0 Å². The lowest BCUT2D eigenvalue weighted by Crippen LogP contribution is -1.98. The summed E-state index contributed by atoms with van der Waals surface area (Å²) in [5.74, 6) is 2.58. The van der Waals surface area contributed by atoms with Crippen molar-refractivity contribution >= 4 is 21.8 Å². The van der Waals surface area contributed by atoms with Crippen LogP contribution in [0.25, 0.3) is 32.9 Å². The molecule has 2 heterocycles. The van der Waals surface area contributed by atoms with E-state index in [4.69, 9.17) is 18.9 Å².